The van der Waals surface area contributed by atoms with Crippen molar-refractivity contribution in [3.63, 3.8) is 0 Å². The minimum absolute atomic E-state index is 0.0774. The highest BCUT2D eigenvalue weighted by Crippen LogP contribution is 2.40. The Balaban J connectivity index is 1.60. The van der Waals surface area contributed by atoms with E-state index in [4.69, 9.17) is 4.74 Å². The molecule has 212 valence electrons. The summed E-state index contributed by atoms with van der Waals surface area (Å²) in [6.45, 7) is 4.14. The number of aliphatic carboxylic acids is 1. The third kappa shape index (κ3) is 6.93. The molecule has 0 radical (unpaired) electrons. The van der Waals surface area contributed by atoms with Gasteiger partial charge >= 0.3 is 12.1 Å². The number of carboxylic acid groups (broad SMARTS) is 1. The van der Waals surface area contributed by atoms with Crippen molar-refractivity contribution in [1.29, 1.82) is 0 Å². The van der Waals surface area contributed by atoms with Crippen LogP contribution in [0, 0.1) is 13.8 Å². The van der Waals surface area contributed by atoms with Crippen LogP contribution < -0.4 is 15.0 Å². The molecule has 1 unspecified atom stereocenters. The molecule has 10 heteroatoms. The van der Waals surface area contributed by atoms with Gasteiger partial charge in [0.15, 0.2) is 0 Å². The third-order valence-electron chi connectivity index (χ3n) is 6.85. The Hall–Kier alpha value is -4.05. The molecule has 1 fully saturated rings. The lowest BCUT2D eigenvalue weighted by molar-refractivity contribution is -0.137. The van der Waals surface area contributed by atoms with Crippen molar-refractivity contribution in [3.8, 4) is 5.75 Å². The first-order valence-electron chi connectivity index (χ1n) is 12.9. The van der Waals surface area contributed by atoms with Crippen LogP contribution in [0.25, 0.3) is 0 Å². The molecular formula is C30H31F3N2O5. The van der Waals surface area contributed by atoms with E-state index < -0.39 is 41.8 Å². The summed E-state index contributed by atoms with van der Waals surface area (Å²) in [7, 11) is 0. The number of aliphatic hydroxyl groups excluding tert-OH is 1. The number of hydrogen-bond donors (Lipinski definition) is 3. The van der Waals surface area contributed by atoms with E-state index in [0.29, 0.717) is 36.3 Å². The van der Waals surface area contributed by atoms with Crippen LogP contribution in [0.2, 0.25) is 0 Å². The SMILES string of the molecule is Cc1cc(OCCc2ccccc2)cc(C)c1C(=O)Nc1cc(CC(=O)O)c(N2CCC(O)C2)cc1C(F)(F)F. The Morgan fingerprint density at radius 1 is 1.07 bits per heavy atom. The highest BCUT2D eigenvalue weighted by atomic mass is 19.4. The average Bonchev–Trinajstić information content (AvgIpc) is 3.29. The highest BCUT2D eigenvalue weighted by molar-refractivity contribution is 6.07. The third-order valence-corrected chi connectivity index (χ3v) is 6.85. The summed E-state index contributed by atoms with van der Waals surface area (Å²) in [4.78, 5) is 26.3. The Morgan fingerprint density at radius 3 is 2.33 bits per heavy atom. The van der Waals surface area contributed by atoms with E-state index in [1.54, 1.807) is 26.0 Å². The molecule has 4 rings (SSSR count). The fourth-order valence-electron chi connectivity index (χ4n) is 5.01. The van der Waals surface area contributed by atoms with Gasteiger partial charge in [-0.25, -0.2) is 0 Å². The monoisotopic (exact) mass is 556 g/mol. The number of alkyl halides is 3. The molecule has 1 atom stereocenters. The van der Waals surface area contributed by atoms with Gasteiger partial charge in [0.1, 0.15) is 5.75 Å². The quantitative estimate of drug-likeness (QED) is 0.327. The molecule has 3 aromatic rings. The number of carbonyl (C=O) groups excluding carboxylic acids is 1. The number of carbonyl (C=O) groups is 2. The maximum atomic E-state index is 14.1. The van der Waals surface area contributed by atoms with Crippen molar-refractivity contribution >= 4 is 23.3 Å². The number of aliphatic hydroxyl groups is 1. The molecule has 7 nitrogen and oxygen atoms in total. The van der Waals surface area contributed by atoms with E-state index in [2.05, 4.69) is 5.32 Å². The predicted octanol–water partition coefficient (Wildman–Crippen LogP) is 5.39. The molecule has 3 N–H and O–H groups in total. The number of rotatable bonds is 9. The first kappa shape index (κ1) is 28.9. The Bertz CT molecular complexity index is 1370. The second kappa shape index (κ2) is 12.0. The average molecular weight is 557 g/mol. The zero-order valence-corrected chi connectivity index (χ0v) is 22.2. The minimum atomic E-state index is -4.82. The lowest BCUT2D eigenvalue weighted by Crippen LogP contribution is -2.25. The summed E-state index contributed by atoms with van der Waals surface area (Å²) in [5, 5.41) is 21.7. The molecule has 0 spiro atoms. The van der Waals surface area contributed by atoms with Gasteiger partial charge in [-0.3, -0.25) is 9.59 Å². The van der Waals surface area contributed by atoms with Crippen molar-refractivity contribution in [1.82, 2.24) is 0 Å². The lowest BCUT2D eigenvalue weighted by atomic mass is 9.99. The smallest absolute Gasteiger partial charge is 0.418 e. The van der Waals surface area contributed by atoms with Gasteiger partial charge in [0.05, 0.1) is 30.4 Å². The van der Waals surface area contributed by atoms with Gasteiger partial charge in [-0.05, 0) is 66.8 Å². The van der Waals surface area contributed by atoms with Crippen LogP contribution in [0.1, 0.15) is 44.6 Å². The highest BCUT2D eigenvalue weighted by Gasteiger charge is 2.37. The topological polar surface area (TPSA) is 99.1 Å². The lowest BCUT2D eigenvalue weighted by Gasteiger charge is -2.25. The Kier molecular flexibility index (Phi) is 8.68. The van der Waals surface area contributed by atoms with Gasteiger partial charge in [-0.15, -0.1) is 0 Å². The van der Waals surface area contributed by atoms with E-state index in [-0.39, 0.29) is 29.9 Å². The molecule has 0 aromatic heterocycles. The maximum Gasteiger partial charge on any atom is 0.418 e. The van der Waals surface area contributed by atoms with Crippen LogP contribution >= 0.6 is 0 Å². The number of nitrogens with one attached hydrogen (secondary N) is 1. The number of benzene rings is 3. The van der Waals surface area contributed by atoms with Gasteiger partial charge in [-0.1, -0.05) is 30.3 Å². The summed E-state index contributed by atoms with van der Waals surface area (Å²) in [5.41, 5.74) is 0.927. The van der Waals surface area contributed by atoms with E-state index in [1.165, 1.54) is 4.90 Å². The van der Waals surface area contributed by atoms with Crippen LogP contribution in [0.4, 0.5) is 24.5 Å². The molecular weight excluding hydrogens is 525 g/mol. The summed E-state index contributed by atoms with van der Waals surface area (Å²) in [5.74, 6) is -1.44. The predicted molar refractivity (Wildman–Crippen MR) is 145 cm³/mol. The molecule has 1 heterocycles. The van der Waals surface area contributed by atoms with Gasteiger partial charge in [0.25, 0.3) is 5.91 Å². The minimum Gasteiger partial charge on any atom is -0.493 e. The van der Waals surface area contributed by atoms with Crippen LogP contribution in [-0.4, -0.2) is 47.9 Å². The Morgan fingerprint density at radius 2 is 1.75 bits per heavy atom. The maximum absolute atomic E-state index is 14.1. The second-order valence-electron chi connectivity index (χ2n) is 9.95. The fourth-order valence-corrected chi connectivity index (χ4v) is 5.01. The van der Waals surface area contributed by atoms with E-state index in [0.717, 1.165) is 17.7 Å². The van der Waals surface area contributed by atoms with Gasteiger partial charge < -0.3 is 25.2 Å². The number of hydrogen-bond acceptors (Lipinski definition) is 5. The van der Waals surface area contributed by atoms with Crippen LogP contribution in [0.3, 0.4) is 0 Å². The van der Waals surface area contributed by atoms with Crippen LogP contribution in [0.15, 0.2) is 54.6 Å². The fraction of sp³-hybridized carbons (Fsp3) is 0.333. The second-order valence-corrected chi connectivity index (χ2v) is 9.95. The molecule has 0 saturated carbocycles. The largest absolute Gasteiger partial charge is 0.493 e. The number of anilines is 2. The standard InChI is InChI=1S/C30H31F3N2O5/c1-18-12-23(40-11-9-20-6-4-3-5-7-20)13-19(2)28(18)29(39)34-25-14-21(15-27(37)38)26(16-24(25)30(31,32)33)35-10-8-22(36)17-35/h3-7,12-14,16,22,36H,8-11,15,17H2,1-2H3,(H,34,39)(H,37,38). The van der Waals surface area contributed by atoms with Crippen molar-refractivity contribution in [3.05, 3.63) is 88.0 Å². The summed E-state index contributed by atoms with van der Waals surface area (Å²) in [6.07, 6.45) is -5.04. The number of nitrogens with zero attached hydrogens (tertiary/aromatic N) is 1. The number of ether oxygens (including phenoxy) is 1. The zero-order chi connectivity index (χ0) is 29.0. The van der Waals surface area contributed by atoms with Crippen molar-refractivity contribution in [2.45, 2.75) is 45.4 Å². The molecule has 1 aliphatic heterocycles. The van der Waals surface area contributed by atoms with Crippen LogP contribution in [0.5, 0.6) is 5.75 Å². The number of β-amino-alcohol motifs (C(OH)–C–C–N with tert-alkyl or cyclic N) is 1. The normalized spacial score (nSPS) is 15.2. The molecule has 0 aliphatic carbocycles. The number of amides is 1. The molecule has 1 amide bonds. The van der Waals surface area contributed by atoms with E-state index >= 15 is 0 Å². The van der Waals surface area contributed by atoms with Crippen molar-refractivity contribution in [2.75, 3.05) is 29.9 Å². The van der Waals surface area contributed by atoms with Crippen molar-refractivity contribution < 1.29 is 37.7 Å². The zero-order valence-electron chi connectivity index (χ0n) is 22.2. The summed E-state index contributed by atoms with van der Waals surface area (Å²) >= 11 is 0. The number of halogens is 3. The molecule has 1 aliphatic rings. The number of aryl methyl sites for hydroxylation is 2. The summed E-state index contributed by atoms with van der Waals surface area (Å²) in [6, 6.07) is 15.0. The molecule has 0 bridgehead atoms. The first-order chi connectivity index (χ1) is 18.9. The van der Waals surface area contributed by atoms with E-state index in [1.807, 2.05) is 30.3 Å². The van der Waals surface area contributed by atoms with Crippen molar-refractivity contribution in [2.24, 2.45) is 0 Å². The van der Waals surface area contributed by atoms with Crippen LogP contribution in [-0.2, 0) is 23.8 Å². The summed E-state index contributed by atoms with van der Waals surface area (Å²) < 4.78 is 48.3. The number of carboxylic acids is 1. The van der Waals surface area contributed by atoms with Gasteiger partial charge in [0.2, 0.25) is 0 Å². The molecule has 40 heavy (non-hydrogen) atoms. The Labute approximate surface area is 230 Å². The van der Waals surface area contributed by atoms with Gasteiger partial charge in [0, 0.05) is 30.8 Å². The molecule has 1 saturated heterocycles. The van der Waals surface area contributed by atoms with Gasteiger partial charge in [-0.2, -0.15) is 13.2 Å². The van der Waals surface area contributed by atoms with E-state index in [9.17, 15) is 33.0 Å². The molecule has 3 aromatic carbocycles. The first-order valence-corrected chi connectivity index (χ1v) is 12.9.